The standard InChI is InChI=1S/C39H34N4O4/c1-39(23-20-38(44)45,30-12-16-32(17-13-30)46-26-36-40-24-21-34(42-36)28-8-4-2-5-9-28)31-14-18-33(19-15-31)47-27-37-41-25-22-35(43-37)29-10-6-3-7-11-29/h2-19,21-22,24-25H,20,23,26-27H2,1H3,(H,44,45). The molecular weight excluding hydrogens is 588 g/mol. The van der Waals surface area contributed by atoms with Crippen LogP contribution in [0.5, 0.6) is 11.5 Å². The van der Waals surface area contributed by atoms with Crippen LogP contribution in [0, 0.1) is 0 Å². The number of hydrogen-bond donors (Lipinski definition) is 1. The van der Waals surface area contributed by atoms with Gasteiger partial charge in [0.1, 0.15) is 24.7 Å². The van der Waals surface area contributed by atoms with Gasteiger partial charge in [-0.15, -0.1) is 0 Å². The van der Waals surface area contributed by atoms with Crippen LogP contribution in [0.4, 0.5) is 0 Å². The molecule has 2 aromatic heterocycles. The zero-order valence-electron chi connectivity index (χ0n) is 26.0. The highest BCUT2D eigenvalue weighted by Gasteiger charge is 2.30. The van der Waals surface area contributed by atoms with Crippen molar-refractivity contribution in [3.8, 4) is 34.0 Å². The maximum atomic E-state index is 11.6. The van der Waals surface area contributed by atoms with E-state index in [1.54, 1.807) is 12.4 Å². The van der Waals surface area contributed by atoms with Gasteiger partial charge in [0.2, 0.25) is 0 Å². The number of hydrogen-bond acceptors (Lipinski definition) is 7. The number of aromatic nitrogens is 4. The normalized spacial score (nSPS) is 11.2. The van der Waals surface area contributed by atoms with Gasteiger partial charge in [0.25, 0.3) is 0 Å². The molecule has 0 fully saturated rings. The third-order valence-electron chi connectivity index (χ3n) is 8.11. The van der Waals surface area contributed by atoms with Crippen molar-refractivity contribution >= 4 is 5.97 Å². The first-order chi connectivity index (χ1) is 23.0. The molecule has 0 saturated carbocycles. The minimum absolute atomic E-state index is 0.0250. The molecule has 0 radical (unpaired) electrons. The summed E-state index contributed by atoms with van der Waals surface area (Å²) in [5.41, 5.74) is 5.11. The second kappa shape index (κ2) is 14.5. The molecule has 1 N–H and O–H groups in total. The lowest BCUT2D eigenvalue weighted by Gasteiger charge is -2.31. The number of aliphatic carboxylic acids is 1. The van der Waals surface area contributed by atoms with Crippen molar-refractivity contribution < 1.29 is 19.4 Å². The lowest BCUT2D eigenvalue weighted by atomic mass is 9.73. The van der Waals surface area contributed by atoms with Gasteiger partial charge < -0.3 is 14.6 Å². The summed E-state index contributed by atoms with van der Waals surface area (Å²) in [6.07, 6.45) is 3.91. The van der Waals surface area contributed by atoms with Crippen LogP contribution in [0.25, 0.3) is 22.5 Å². The van der Waals surface area contributed by atoms with E-state index in [9.17, 15) is 9.90 Å². The van der Waals surface area contributed by atoms with E-state index in [1.807, 2.05) is 121 Å². The molecule has 0 amide bonds. The number of ether oxygens (including phenoxy) is 2. The number of carboxylic acids is 1. The van der Waals surface area contributed by atoms with Crippen LogP contribution in [0.2, 0.25) is 0 Å². The molecule has 0 bridgehead atoms. The smallest absolute Gasteiger partial charge is 0.303 e. The van der Waals surface area contributed by atoms with Crippen molar-refractivity contribution in [2.45, 2.75) is 38.4 Å². The number of benzene rings is 4. The molecule has 0 aliphatic heterocycles. The first-order valence-electron chi connectivity index (χ1n) is 15.4. The first kappa shape index (κ1) is 31.1. The van der Waals surface area contributed by atoms with Crippen LogP contribution in [0.15, 0.2) is 134 Å². The Kier molecular flexibility index (Phi) is 9.58. The Morgan fingerprint density at radius 2 is 1.04 bits per heavy atom. The van der Waals surface area contributed by atoms with E-state index in [1.165, 1.54) is 0 Å². The molecular formula is C39H34N4O4. The molecule has 0 aliphatic carbocycles. The number of carbonyl (C=O) groups is 1. The van der Waals surface area contributed by atoms with Crippen molar-refractivity contribution in [2.24, 2.45) is 0 Å². The van der Waals surface area contributed by atoms with Gasteiger partial charge in [-0.1, -0.05) is 91.9 Å². The quantitative estimate of drug-likeness (QED) is 0.138. The van der Waals surface area contributed by atoms with Crippen molar-refractivity contribution in [1.82, 2.24) is 19.9 Å². The zero-order chi connectivity index (χ0) is 32.5. The third-order valence-corrected chi connectivity index (χ3v) is 8.11. The van der Waals surface area contributed by atoms with Gasteiger partial charge in [-0.25, -0.2) is 19.9 Å². The second-order valence-corrected chi connectivity index (χ2v) is 11.3. The SMILES string of the molecule is CC(CCC(=O)O)(c1ccc(OCc2nccc(-c3ccccc3)n2)cc1)c1ccc(OCc2nccc(-c3ccccc3)n2)cc1. The minimum Gasteiger partial charge on any atom is -0.486 e. The Morgan fingerprint density at radius 3 is 1.45 bits per heavy atom. The average molecular weight is 623 g/mol. The maximum absolute atomic E-state index is 11.6. The molecule has 47 heavy (non-hydrogen) atoms. The highest BCUT2D eigenvalue weighted by Crippen LogP contribution is 2.38. The fourth-order valence-electron chi connectivity index (χ4n) is 5.42. The topological polar surface area (TPSA) is 107 Å². The molecule has 0 spiro atoms. The van der Waals surface area contributed by atoms with Crippen molar-refractivity contribution in [2.75, 3.05) is 0 Å². The van der Waals surface area contributed by atoms with E-state index in [0.717, 1.165) is 33.6 Å². The summed E-state index contributed by atoms with van der Waals surface area (Å²) >= 11 is 0. The van der Waals surface area contributed by atoms with Crippen LogP contribution in [-0.4, -0.2) is 31.0 Å². The molecule has 0 unspecified atom stereocenters. The second-order valence-electron chi connectivity index (χ2n) is 11.3. The Balaban J connectivity index is 1.13. The van der Waals surface area contributed by atoms with E-state index < -0.39 is 11.4 Å². The monoisotopic (exact) mass is 622 g/mol. The molecule has 8 heteroatoms. The minimum atomic E-state index is -0.841. The van der Waals surface area contributed by atoms with E-state index in [4.69, 9.17) is 9.47 Å². The van der Waals surface area contributed by atoms with E-state index in [2.05, 4.69) is 26.9 Å². The van der Waals surface area contributed by atoms with E-state index >= 15 is 0 Å². The van der Waals surface area contributed by atoms with Crippen molar-refractivity contribution in [3.05, 3.63) is 156 Å². The van der Waals surface area contributed by atoms with Gasteiger partial charge in [-0.05, 0) is 53.9 Å². The number of nitrogens with zero attached hydrogens (tertiary/aromatic N) is 4. The van der Waals surface area contributed by atoms with Crippen LogP contribution >= 0.6 is 0 Å². The van der Waals surface area contributed by atoms with Crippen molar-refractivity contribution in [3.63, 3.8) is 0 Å². The zero-order valence-corrected chi connectivity index (χ0v) is 26.0. The first-order valence-corrected chi connectivity index (χ1v) is 15.4. The highest BCUT2D eigenvalue weighted by atomic mass is 16.5. The van der Waals surface area contributed by atoms with Crippen LogP contribution in [0.1, 0.15) is 42.5 Å². The van der Waals surface area contributed by atoms with E-state index in [0.29, 0.717) is 29.6 Å². The van der Waals surface area contributed by atoms with Crippen molar-refractivity contribution in [1.29, 1.82) is 0 Å². The third kappa shape index (κ3) is 7.86. The summed E-state index contributed by atoms with van der Waals surface area (Å²) in [6, 6.07) is 39.2. The van der Waals surface area contributed by atoms with Gasteiger partial charge >= 0.3 is 5.97 Å². The molecule has 6 rings (SSSR count). The molecule has 6 aromatic rings. The van der Waals surface area contributed by atoms with Gasteiger partial charge in [-0.2, -0.15) is 0 Å². The van der Waals surface area contributed by atoms with E-state index in [-0.39, 0.29) is 19.6 Å². The summed E-state index contributed by atoms with van der Waals surface area (Å²) in [5, 5.41) is 9.54. The molecule has 4 aromatic carbocycles. The molecule has 2 heterocycles. The fraction of sp³-hybridized carbons (Fsp3) is 0.154. The summed E-state index contributed by atoms with van der Waals surface area (Å²) in [4.78, 5) is 29.6. The number of rotatable bonds is 13. The molecule has 234 valence electrons. The van der Waals surface area contributed by atoms with Crippen LogP contribution < -0.4 is 9.47 Å². The Bertz CT molecular complexity index is 1790. The van der Waals surface area contributed by atoms with Gasteiger partial charge in [0, 0.05) is 35.4 Å². The lowest BCUT2D eigenvalue weighted by molar-refractivity contribution is -0.137. The lowest BCUT2D eigenvalue weighted by Crippen LogP contribution is -2.25. The molecule has 0 saturated heterocycles. The Hall–Kier alpha value is -5.89. The molecule has 0 atom stereocenters. The van der Waals surface area contributed by atoms with Gasteiger partial charge in [0.05, 0.1) is 11.4 Å². The van der Waals surface area contributed by atoms with Gasteiger partial charge in [-0.3, -0.25) is 4.79 Å². The summed E-state index contributed by atoms with van der Waals surface area (Å²) in [5.74, 6) is 1.67. The summed E-state index contributed by atoms with van der Waals surface area (Å²) in [6.45, 7) is 2.51. The molecule has 0 aliphatic rings. The fourth-order valence-corrected chi connectivity index (χ4v) is 5.42. The van der Waals surface area contributed by atoms with Gasteiger partial charge in [0.15, 0.2) is 11.6 Å². The Morgan fingerprint density at radius 1 is 0.617 bits per heavy atom. The summed E-state index contributed by atoms with van der Waals surface area (Å²) in [7, 11) is 0. The van der Waals surface area contributed by atoms with Crippen LogP contribution in [0.3, 0.4) is 0 Å². The predicted octanol–water partition coefficient (Wildman–Crippen LogP) is 7.93. The highest BCUT2D eigenvalue weighted by molar-refractivity contribution is 5.67. The maximum Gasteiger partial charge on any atom is 0.303 e. The predicted molar refractivity (Wildman–Crippen MR) is 180 cm³/mol. The largest absolute Gasteiger partial charge is 0.486 e. The molecule has 8 nitrogen and oxygen atoms in total. The number of carboxylic acid groups (broad SMARTS) is 1. The summed E-state index contributed by atoms with van der Waals surface area (Å²) < 4.78 is 12.0. The average Bonchev–Trinajstić information content (AvgIpc) is 3.13. The Labute approximate surface area is 273 Å². The van der Waals surface area contributed by atoms with Crippen LogP contribution in [-0.2, 0) is 23.4 Å².